The summed E-state index contributed by atoms with van der Waals surface area (Å²) in [7, 11) is 3.44. The number of aromatic amines is 1. The van der Waals surface area contributed by atoms with E-state index < -0.39 is 0 Å². The molecule has 20 heavy (non-hydrogen) atoms. The van der Waals surface area contributed by atoms with Crippen LogP contribution in [0, 0.1) is 0 Å². The summed E-state index contributed by atoms with van der Waals surface area (Å²) in [6, 6.07) is 5.74. The largest absolute Gasteiger partial charge is 0.361 e. The normalized spacial score (nSPS) is 10.8. The van der Waals surface area contributed by atoms with Gasteiger partial charge < -0.3 is 20.5 Å². The molecule has 6 heteroatoms. The molecule has 0 atom stereocenters. The minimum absolute atomic E-state index is 0.0754. The molecule has 0 spiro atoms. The van der Waals surface area contributed by atoms with Gasteiger partial charge in [0, 0.05) is 55.9 Å². The first-order chi connectivity index (χ1) is 9.58. The van der Waals surface area contributed by atoms with Crippen molar-refractivity contribution in [3.63, 3.8) is 0 Å². The van der Waals surface area contributed by atoms with Gasteiger partial charge in [-0.3, -0.25) is 0 Å². The van der Waals surface area contributed by atoms with Crippen molar-refractivity contribution >= 4 is 28.5 Å². The third-order valence-corrected chi connectivity index (χ3v) is 3.26. The SMILES string of the molecule is CN(C)C(=O)NCCNCc1c[nH]c2cc(Cl)ccc12. The van der Waals surface area contributed by atoms with Crippen molar-refractivity contribution in [1.29, 1.82) is 0 Å². The number of urea groups is 1. The number of hydrogen-bond acceptors (Lipinski definition) is 2. The quantitative estimate of drug-likeness (QED) is 0.740. The van der Waals surface area contributed by atoms with E-state index in [-0.39, 0.29) is 6.03 Å². The highest BCUT2D eigenvalue weighted by atomic mass is 35.5. The topological polar surface area (TPSA) is 60.2 Å². The van der Waals surface area contributed by atoms with Gasteiger partial charge in [-0.15, -0.1) is 0 Å². The number of fused-ring (bicyclic) bond motifs is 1. The molecule has 2 aromatic rings. The van der Waals surface area contributed by atoms with Crippen LogP contribution in [0.4, 0.5) is 4.79 Å². The van der Waals surface area contributed by atoms with Crippen molar-refractivity contribution in [3.05, 3.63) is 35.0 Å². The molecule has 0 aliphatic carbocycles. The van der Waals surface area contributed by atoms with Gasteiger partial charge in [0.25, 0.3) is 0 Å². The van der Waals surface area contributed by atoms with Gasteiger partial charge in [0.15, 0.2) is 0 Å². The fourth-order valence-electron chi connectivity index (χ4n) is 1.94. The van der Waals surface area contributed by atoms with Gasteiger partial charge in [0.1, 0.15) is 0 Å². The highest BCUT2D eigenvalue weighted by Crippen LogP contribution is 2.21. The number of carbonyl (C=O) groups excluding carboxylic acids is 1. The monoisotopic (exact) mass is 294 g/mol. The van der Waals surface area contributed by atoms with Crippen LogP contribution in [0.25, 0.3) is 10.9 Å². The Kier molecular flexibility index (Phi) is 4.87. The molecule has 1 aromatic carbocycles. The molecule has 0 fully saturated rings. The lowest BCUT2D eigenvalue weighted by Crippen LogP contribution is -2.38. The molecular formula is C14H19ClN4O. The standard InChI is InChI=1S/C14H19ClN4O/c1-19(2)14(20)17-6-5-16-8-10-9-18-13-7-11(15)3-4-12(10)13/h3-4,7,9,16,18H,5-6,8H2,1-2H3,(H,17,20). The molecule has 0 aliphatic rings. The van der Waals surface area contributed by atoms with Crippen LogP contribution in [0.15, 0.2) is 24.4 Å². The molecule has 0 bridgehead atoms. The average molecular weight is 295 g/mol. The van der Waals surface area contributed by atoms with Crippen LogP contribution in [0.3, 0.4) is 0 Å². The van der Waals surface area contributed by atoms with Crippen LogP contribution in [-0.2, 0) is 6.54 Å². The Hall–Kier alpha value is -1.72. The lowest BCUT2D eigenvalue weighted by molar-refractivity contribution is 0.217. The second kappa shape index (κ2) is 6.63. The summed E-state index contributed by atoms with van der Waals surface area (Å²) < 4.78 is 0. The number of benzene rings is 1. The number of nitrogens with one attached hydrogen (secondary N) is 3. The van der Waals surface area contributed by atoms with Crippen molar-refractivity contribution in [2.24, 2.45) is 0 Å². The van der Waals surface area contributed by atoms with Crippen LogP contribution in [-0.4, -0.2) is 43.1 Å². The molecule has 1 heterocycles. The zero-order chi connectivity index (χ0) is 14.5. The fraction of sp³-hybridized carbons (Fsp3) is 0.357. The van der Waals surface area contributed by atoms with E-state index in [9.17, 15) is 4.79 Å². The molecule has 0 aliphatic heterocycles. The van der Waals surface area contributed by atoms with Crippen molar-refractivity contribution in [2.45, 2.75) is 6.54 Å². The number of carbonyl (C=O) groups is 1. The number of H-pyrrole nitrogens is 1. The first-order valence-corrected chi connectivity index (χ1v) is 6.87. The third-order valence-electron chi connectivity index (χ3n) is 3.03. The fourth-order valence-corrected chi connectivity index (χ4v) is 2.12. The Morgan fingerprint density at radius 1 is 1.35 bits per heavy atom. The molecule has 0 unspecified atom stereocenters. The second-order valence-corrected chi connectivity index (χ2v) is 5.24. The van der Waals surface area contributed by atoms with Crippen LogP contribution >= 0.6 is 11.6 Å². The summed E-state index contributed by atoms with van der Waals surface area (Å²) >= 11 is 5.95. The van der Waals surface area contributed by atoms with E-state index in [4.69, 9.17) is 11.6 Å². The van der Waals surface area contributed by atoms with Crippen LogP contribution in [0.1, 0.15) is 5.56 Å². The Labute approximate surface area is 123 Å². The molecule has 5 nitrogen and oxygen atoms in total. The van der Waals surface area contributed by atoms with E-state index in [1.807, 2.05) is 24.4 Å². The summed E-state index contributed by atoms with van der Waals surface area (Å²) in [6.45, 7) is 2.07. The molecule has 0 saturated heterocycles. The number of hydrogen-bond donors (Lipinski definition) is 3. The number of amides is 2. The maximum Gasteiger partial charge on any atom is 0.316 e. The third kappa shape index (κ3) is 3.65. The van der Waals surface area contributed by atoms with Gasteiger partial charge in [0.2, 0.25) is 0 Å². The Bertz CT molecular complexity index is 594. The van der Waals surface area contributed by atoms with Crippen LogP contribution < -0.4 is 10.6 Å². The minimum Gasteiger partial charge on any atom is -0.361 e. The maximum absolute atomic E-state index is 11.3. The zero-order valence-corrected chi connectivity index (χ0v) is 12.4. The van der Waals surface area contributed by atoms with E-state index in [1.165, 1.54) is 15.8 Å². The molecule has 2 amide bonds. The zero-order valence-electron chi connectivity index (χ0n) is 11.7. The second-order valence-electron chi connectivity index (χ2n) is 4.81. The van der Waals surface area contributed by atoms with E-state index in [0.29, 0.717) is 6.54 Å². The molecule has 0 radical (unpaired) electrons. The molecule has 3 N–H and O–H groups in total. The summed E-state index contributed by atoms with van der Waals surface area (Å²) in [5, 5.41) is 8.00. The lowest BCUT2D eigenvalue weighted by Gasteiger charge is -2.12. The van der Waals surface area contributed by atoms with Crippen molar-refractivity contribution in [2.75, 3.05) is 27.2 Å². The van der Waals surface area contributed by atoms with Gasteiger partial charge in [-0.05, 0) is 17.7 Å². The van der Waals surface area contributed by atoms with Crippen molar-refractivity contribution < 1.29 is 4.79 Å². The Morgan fingerprint density at radius 2 is 2.15 bits per heavy atom. The first-order valence-electron chi connectivity index (χ1n) is 6.49. The van der Waals surface area contributed by atoms with Gasteiger partial charge in [0.05, 0.1) is 0 Å². The highest BCUT2D eigenvalue weighted by molar-refractivity contribution is 6.31. The van der Waals surface area contributed by atoms with Crippen LogP contribution in [0.5, 0.6) is 0 Å². The summed E-state index contributed by atoms with van der Waals surface area (Å²) in [4.78, 5) is 16.0. The number of aromatic nitrogens is 1. The maximum atomic E-state index is 11.3. The van der Waals surface area contributed by atoms with E-state index in [1.54, 1.807) is 14.1 Å². The number of rotatable bonds is 5. The highest BCUT2D eigenvalue weighted by Gasteiger charge is 2.04. The van der Waals surface area contributed by atoms with Gasteiger partial charge in [-0.25, -0.2) is 4.79 Å². The van der Waals surface area contributed by atoms with Gasteiger partial charge in [-0.2, -0.15) is 0 Å². The van der Waals surface area contributed by atoms with Gasteiger partial charge in [-0.1, -0.05) is 17.7 Å². The Balaban J connectivity index is 1.80. The molecule has 1 aromatic heterocycles. The minimum atomic E-state index is -0.0754. The lowest BCUT2D eigenvalue weighted by atomic mass is 10.2. The number of halogens is 1. The Morgan fingerprint density at radius 3 is 2.90 bits per heavy atom. The van der Waals surface area contributed by atoms with E-state index in [0.717, 1.165) is 23.6 Å². The summed E-state index contributed by atoms with van der Waals surface area (Å²) in [5.41, 5.74) is 2.23. The molecule has 2 rings (SSSR count). The predicted molar refractivity (Wildman–Crippen MR) is 82.1 cm³/mol. The van der Waals surface area contributed by atoms with E-state index >= 15 is 0 Å². The molecule has 0 saturated carbocycles. The summed E-state index contributed by atoms with van der Waals surface area (Å²) in [6.07, 6.45) is 1.98. The predicted octanol–water partition coefficient (Wildman–Crippen LogP) is 2.18. The van der Waals surface area contributed by atoms with E-state index in [2.05, 4.69) is 15.6 Å². The number of nitrogens with zero attached hydrogens (tertiary/aromatic N) is 1. The van der Waals surface area contributed by atoms with Gasteiger partial charge >= 0.3 is 6.03 Å². The smallest absolute Gasteiger partial charge is 0.316 e. The molecule has 108 valence electrons. The average Bonchev–Trinajstić information content (AvgIpc) is 2.80. The van der Waals surface area contributed by atoms with Crippen molar-refractivity contribution in [3.8, 4) is 0 Å². The summed E-state index contributed by atoms with van der Waals surface area (Å²) in [5.74, 6) is 0. The van der Waals surface area contributed by atoms with Crippen molar-refractivity contribution in [1.82, 2.24) is 20.5 Å². The first kappa shape index (κ1) is 14.7. The molecular weight excluding hydrogens is 276 g/mol. The van der Waals surface area contributed by atoms with Crippen LogP contribution in [0.2, 0.25) is 5.02 Å².